The predicted molar refractivity (Wildman–Crippen MR) is 107 cm³/mol. The van der Waals surface area contributed by atoms with Crippen LogP contribution in [0.25, 0.3) is 0 Å². The number of amides is 2. The smallest absolute Gasteiger partial charge is 0.287 e. The van der Waals surface area contributed by atoms with Crippen LogP contribution in [-0.4, -0.2) is 41.9 Å². The molecule has 1 heterocycles. The van der Waals surface area contributed by atoms with Crippen LogP contribution in [0.15, 0.2) is 40.8 Å². The highest BCUT2D eigenvalue weighted by Gasteiger charge is 2.16. The molecule has 0 aliphatic rings. The van der Waals surface area contributed by atoms with Gasteiger partial charge >= 0.3 is 0 Å². The Hall–Kier alpha value is -3.11. The largest absolute Gasteiger partial charge is 0.435 e. The average molecular weight is 382 g/mol. The highest BCUT2D eigenvalue weighted by Crippen LogP contribution is 2.15. The van der Waals surface area contributed by atoms with E-state index in [1.54, 1.807) is 24.3 Å². The molecule has 0 saturated heterocycles. The fraction of sp³-hybridized carbons (Fsp3) is 0.381. The Labute approximate surface area is 165 Å². The van der Waals surface area contributed by atoms with Crippen molar-refractivity contribution in [3.05, 3.63) is 53.3 Å². The molecule has 0 aliphatic heterocycles. The molecule has 0 spiro atoms. The van der Waals surface area contributed by atoms with E-state index < -0.39 is 0 Å². The van der Waals surface area contributed by atoms with Crippen LogP contribution in [-0.2, 0) is 0 Å². The fourth-order valence-corrected chi connectivity index (χ4v) is 2.91. The maximum atomic E-state index is 12.2. The molecule has 0 radical (unpaired) electrons. The Balaban J connectivity index is 1.89. The lowest BCUT2D eigenvalue weighted by Crippen LogP contribution is -2.42. The molecule has 0 unspecified atom stereocenters. The molecule has 1 aromatic heterocycles. The predicted octanol–water partition coefficient (Wildman–Crippen LogP) is 3.25. The second kappa shape index (κ2) is 9.72. The highest BCUT2D eigenvalue weighted by molar-refractivity contribution is 6.04. The second-order valence-electron chi connectivity index (χ2n) is 6.99. The van der Waals surface area contributed by atoms with E-state index in [1.807, 2.05) is 6.07 Å². The fourth-order valence-electron chi connectivity index (χ4n) is 2.91. The summed E-state index contributed by atoms with van der Waals surface area (Å²) in [5.74, 6) is -0.386. The topological polar surface area (TPSA) is 98.4 Å². The van der Waals surface area contributed by atoms with Crippen molar-refractivity contribution in [1.82, 2.24) is 10.2 Å². The van der Waals surface area contributed by atoms with Crippen molar-refractivity contribution in [2.24, 2.45) is 0 Å². The SMILES string of the molecule is CC(C)N(CCNC(=O)c1ccc(NC(=O)c2ccc(C#N)cc2)o1)C(C)C. The van der Waals surface area contributed by atoms with E-state index in [9.17, 15) is 9.59 Å². The molecule has 2 aromatic rings. The van der Waals surface area contributed by atoms with Crippen molar-refractivity contribution >= 4 is 17.7 Å². The first-order valence-electron chi connectivity index (χ1n) is 9.27. The Bertz CT molecular complexity index is 839. The van der Waals surface area contributed by atoms with Gasteiger partial charge in [-0.15, -0.1) is 0 Å². The summed E-state index contributed by atoms with van der Waals surface area (Å²) in [4.78, 5) is 26.7. The minimum atomic E-state index is -0.379. The van der Waals surface area contributed by atoms with Crippen LogP contribution >= 0.6 is 0 Å². The number of benzene rings is 1. The molecule has 7 nitrogen and oxygen atoms in total. The van der Waals surface area contributed by atoms with Gasteiger partial charge in [0, 0.05) is 36.8 Å². The first kappa shape index (κ1) is 21.2. The molecule has 0 atom stereocenters. The third-order valence-electron chi connectivity index (χ3n) is 4.32. The third-order valence-corrected chi connectivity index (χ3v) is 4.32. The Morgan fingerprint density at radius 3 is 2.25 bits per heavy atom. The van der Waals surface area contributed by atoms with Gasteiger partial charge < -0.3 is 9.73 Å². The van der Waals surface area contributed by atoms with Crippen molar-refractivity contribution in [3.8, 4) is 6.07 Å². The summed E-state index contributed by atoms with van der Waals surface area (Å²) in [5.41, 5.74) is 0.867. The molecule has 7 heteroatoms. The molecule has 2 rings (SSSR count). The van der Waals surface area contributed by atoms with Gasteiger partial charge in [-0.05, 0) is 58.0 Å². The molecular formula is C21H26N4O3. The van der Waals surface area contributed by atoms with Gasteiger partial charge in [0.15, 0.2) is 5.76 Å². The van der Waals surface area contributed by atoms with E-state index in [4.69, 9.17) is 9.68 Å². The number of carbonyl (C=O) groups is 2. The van der Waals surface area contributed by atoms with Gasteiger partial charge in [-0.25, -0.2) is 0 Å². The van der Waals surface area contributed by atoms with E-state index in [2.05, 4.69) is 43.2 Å². The van der Waals surface area contributed by atoms with Gasteiger partial charge in [-0.1, -0.05) is 0 Å². The van der Waals surface area contributed by atoms with Gasteiger partial charge in [0.2, 0.25) is 5.88 Å². The van der Waals surface area contributed by atoms with E-state index >= 15 is 0 Å². The van der Waals surface area contributed by atoms with Crippen molar-refractivity contribution < 1.29 is 14.0 Å². The monoisotopic (exact) mass is 382 g/mol. The van der Waals surface area contributed by atoms with E-state index in [-0.39, 0.29) is 23.5 Å². The van der Waals surface area contributed by atoms with Crippen LogP contribution < -0.4 is 10.6 Å². The van der Waals surface area contributed by atoms with Gasteiger partial charge in [-0.2, -0.15) is 5.26 Å². The zero-order chi connectivity index (χ0) is 20.7. The Kier molecular flexibility index (Phi) is 7.36. The summed E-state index contributed by atoms with van der Waals surface area (Å²) >= 11 is 0. The van der Waals surface area contributed by atoms with Crippen molar-refractivity contribution in [1.29, 1.82) is 5.26 Å². The quantitative estimate of drug-likeness (QED) is 0.730. The number of nitrogens with zero attached hydrogens (tertiary/aromatic N) is 2. The van der Waals surface area contributed by atoms with Gasteiger partial charge in [0.05, 0.1) is 11.6 Å². The zero-order valence-corrected chi connectivity index (χ0v) is 16.7. The minimum absolute atomic E-state index is 0.135. The molecule has 0 bridgehead atoms. The van der Waals surface area contributed by atoms with Crippen LogP contribution in [0.4, 0.5) is 5.88 Å². The maximum absolute atomic E-state index is 12.2. The average Bonchev–Trinajstić information content (AvgIpc) is 3.13. The summed E-state index contributed by atoms with van der Waals surface area (Å²) in [6, 6.07) is 12.1. The normalized spacial score (nSPS) is 10.9. The van der Waals surface area contributed by atoms with Crippen LogP contribution in [0, 0.1) is 11.3 Å². The second-order valence-corrected chi connectivity index (χ2v) is 6.99. The van der Waals surface area contributed by atoms with Crippen LogP contribution in [0.3, 0.4) is 0 Å². The summed E-state index contributed by atoms with van der Waals surface area (Å²) in [7, 11) is 0. The van der Waals surface area contributed by atoms with E-state index in [0.717, 1.165) is 6.54 Å². The minimum Gasteiger partial charge on any atom is -0.435 e. The molecule has 0 aliphatic carbocycles. The highest BCUT2D eigenvalue weighted by atomic mass is 16.4. The lowest BCUT2D eigenvalue weighted by molar-refractivity contribution is 0.0910. The van der Waals surface area contributed by atoms with Gasteiger partial charge in [-0.3, -0.25) is 19.8 Å². The number of hydrogen-bond donors (Lipinski definition) is 2. The number of hydrogen-bond acceptors (Lipinski definition) is 5. The number of nitriles is 1. The van der Waals surface area contributed by atoms with Crippen LogP contribution in [0.1, 0.15) is 54.2 Å². The van der Waals surface area contributed by atoms with Crippen LogP contribution in [0.2, 0.25) is 0 Å². The lowest BCUT2D eigenvalue weighted by atomic mass is 10.1. The zero-order valence-electron chi connectivity index (χ0n) is 16.7. The third kappa shape index (κ3) is 5.69. The summed E-state index contributed by atoms with van der Waals surface area (Å²) in [6.45, 7) is 9.73. The number of anilines is 1. The molecule has 2 N–H and O–H groups in total. The Morgan fingerprint density at radius 2 is 1.68 bits per heavy atom. The van der Waals surface area contributed by atoms with Gasteiger partial charge in [0.1, 0.15) is 0 Å². The van der Waals surface area contributed by atoms with E-state index in [0.29, 0.717) is 29.8 Å². The molecule has 1 aromatic carbocycles. The van der Waals surface area contributed by atoms with Crippen molar-refractivity contribution in [2.45, 2.75) is 39.8 Å². The summed E-state index contributed by atoms with van der Waals surface area (Å²) < 4.78 is 5.42. The molecule has 28 heavy (non-hydrogen) atoms. The number of nitrogens with one attached hydrogen (secondary N) is 2. The molecule has 0 saturated carbocycles. The lowest BCUT2D eigenvalue weighted by Gasteiger charge is -2.30. The first-order valence-corrected chi connectivity index (χ1v) is 9.27. The maximum Gasteiger partial charge on any atom is 0.287 e. The van der Waals surface area contributed by atoms with Crippen molar-refractivity contribution in [3.63, 3.8) is 0 Å². The summed E-state index contributed by atoms with van der Waals surface area (Å²) in [5, 5.41) is 14.2. The summed E-state index contributed by atoms with van der Waals surface area (Å²) in [6.07, 6.45) is 0. The number of rotatable bonds is 8. The Morgan fingerprint density at radius 1 is 1.04 bits per heavy atom. The molecular weight excluding hydrogens is 356 g/mol. The molecule has 2 amide bonds. The van der Waals surface area contributed by atoms with Crippen LogP contribution in [0.5, 0.6) is 0 Å². The first-order chi connectivity index (χ1) is 13.3. The molecule has 0 fully saturated rings. The standard InChI is InChI=1S/C21H26N4O3/c1-14(2)25(15(3)4)12-11-23-21(27)18-9-10-19(28-18)24-20(26)17-7-5-16(13-22)6-8-17/h5-10,14-15H,11-12H2,1-4H3,(H,23,27)(H,24,26). The van der Waals surface area contributed by atoms with Crippen molar-refractivity contribution in [2.75, 3.05) is 18.4 Å². The number of furan rings is 1. The van der Waals surface area contributed by atoms with E-state index in [1.165, 1.54) is 12.1 Å². The molecule has 148 valence electrons. The number of carbonyl (C=O) groups excluding carboxylic acids is 2. The van der Waals surface area contributed by atoms with Gasteiger partial charge in [0.25, 0.3) is 11.8 Å².